The van der Waals surface area contributed by atoms with E-state index in [9.17, 15) is 10.1 Å². The summed E-state index contributed by atoms with van der Waals surface area (Å²) in [6.45, 7) is 0.322. The number of hydrogen-bond acceptors (Lipinski definition) is 2. The van der Waals surface area contributed by atoms with Gasteiger partial charge in [0.1, 0.15) is 11.6 Å². The van der Waals surface area contributed by atoms with Gasteiger partial charge in [-0.05, 0) is 29.3 Å². The standard InChI is InChI=1S/C17H11Cl3N2O/c18-14-7-12(16(20)15(19)8-14)6-13(9-21)17(23)22-10-11-4-2-1-3-5-11/h1-8H,10H2,(H,22,23)/b13-6-. The van der Waals surface area contributed by atoms with Crippen LogP contribution >= 0.6 is 34.8 Å². The van der Waals surface area contributed by atoms with Crippen molar-refractivity contribution in [1.29, 1.82) is 5.26 Å². The first-order chi connectivity index (χ1) is 11.0. The summed E-state index contributed by atoms with van der Waals surface area (Å²) in [5.41, 5.74) is 1.26. The zero-order chi connectivity index (χ0) is 16.8. The lowest BCUT2D eigenvalue weighted by Gasteiger charge is -2.06. The molecule has 0 aliphatic heterocycles. The number of carbonyl (C=O) groups is 1. The van der Waals surface area contributed by atoms with E-state index >= 15 is 0 Å². The average molecular weight is 366 g/mol. The molecular formula is C17H11Cl3N2O. The van der Waals surface area contributed by atoms with Crippen LogP contribution in [0.15, 0.2) is 48.0 Å². The Morgan fingerprint density at radius 3 is 2.52 bits per heavy atom. The van der Waals surface area contributed by atoms with Gasteiger partial charge in [-0.2, -0.15) is 5.26 Å². The molecule has 0 atom stereocenters. The van der Waals surface area contributed by atoms with Gasteiger partial charge in [0.2, 0.25) is 0 Å². The Labute approximate surface area is 149 Å². The van der Waals surface area contributed by atoms with Gasteiger partial charge < -0.3 is 5.32 Å². The summed E-state index contributed by atoms with van der Waals surface area (Å²) in [4.78, 5) is 12.1. The molecule has 0 aliphatic carbocycles. The Morgan fingerprint density at radius 1 is 1.17 bits per heavy atom. The summed E-state index contributed by atoms with van der Waals surface area (Å²) in [5, 5.41) is 12.7. The van der Waals surface area contributed by atoms with E-state index in [0.717, 1.165) is 5.56 Å². The predicted molar refractivity (Wildman–Crippen MR) is 93.4 cm³/mol. The second-order valence-corrected chi connectivity index (χ2v) is 5.85. The normalized spacial score (nSPS) is 11.0. The van der Waals surface area contributed by atoms with Crippen molar-refractivity contribution >= 4 is 46.8 Å². The zero-order valence-corrected chi connectivity index (χ0v) is 14.1. The minimum Gasteiger partial charge on any atom is -0.347 e. The third-order valence-electron chi connectivity index (χ3n) is 2.98. The molecule has 0 aromatic heterocycles. The Morgan fingerprint density at radius 2 is 1.87 bits per heavy atom. The number of benzene rings is 2. The number of rotatable bonds is 4. The maximum Gasteiger partial charge on any atom is 0.262 e. The Bertz CT molecular complexity index is 795. The first kappa shape index (κ1) is 17.4. The molecule has 0 aliphatic rings. The number of amides is 1. The fourth-order valence-corrected chi connectivity index (χ4v) is 2.53. The van der Waals surface area contributed by atoms with Gasteiger partial charge in [-0.25, -0.2) is 0 Å². The molecule has 0 fully saturated rings. The number of hydrogen-bond donors (Lipinski definition) is 1. The molecule has 0 unspecified atom stereocenters. The molecule has 0 heterocycles. The van der Waals surface area contributed by atoms with Crippen LogP contribution in [0.2, 0.25) is 15.1 Å². The molecule has 0 saturated heterocycles. The summed E-state index contributed by atoms with van der Waals surface area (Å²) < 4.78 is 0. The van der Waals surface area contributed by atoms with Gasteiger partial charge in [0.25, 0.3) is 5.91 Å². The van der Waals surface area contributed by atoms with Gasteiger partial charge in [-0.3, -0.25) is 4.79 Å². The van der Waals surface area contributed by atoms with E-state index in [1.165, 1.54) is 18.2 Å². The van der Waals surface area contributed by atoms with Crippen LogP contribution in [0.5, 0.6) is 0 Å². The maximum absolute atomic E-state index is 12.1. The molecule has 3 nitrogen and oxygen atoms in total. The SMILES string of the molecule is N#C/C(=C/c1cc(Cl)cc(Cl)c1Cl)C(=O)NCc1ccccc1. The van der Waals surface area contributed by atoms with Crippen LogP contribution in [0.25, 0.3) is 6.08 Å². The molecule has 2 aromatic rings. The van der Waals surface area contributed by atoms with Crippen molar-refractivity contribution in [3.63, 3.8) is 0 Å². The zero-order valence-electron chi connectivity index (χ0n) is 11.8. The van der Waals surface area contributed by atoms with Gasteiger partial charge in [0.15, 0.2) is 0 Å². The van der Waals surface area contributed by atoms with E-state index in [-0.39, 0.29) is 15.6 Å². The van der Waals surface area contributed by atoms with Crippen molar-refractivity contribution in [3.05, 3.63) is 74.2 Å². The fraction of sp³-hybridized carbons (Fsp3) is 0.0588. The molecule has 6 heteroatoms. The van der Waals surface area contributed by atoms with Gasteiger partial charge in [0.05, 0.1) is 10.0 Å². The van der Waals surface area contributed by atoms with Crippen LogP contribution in [0.4, 0.5) is 0 Å². The lowest BCUT2D eigenvalue weighted by Crippen LogP contribution is -2.23. The number of nitrogens with one attached hydrogen (secondary N) is 1. The Kier molecular flexibility index (Phi) is 6.06. The van der Waals surface area contributed by atoms with Gasteiger partial charge >= 0.3 is 0 Å². The molecule has 0 spiro atoms. The van der Waals surface area contributed by atoms with Crippen molar-refractivity contribution in [1.82, 2.24) is 5.32 Å². The number of halogens is 3. The van der Waals surface area contributed by atoms with Crippen molar-refractivity contribution < 1.29 is 4.79 Å². The van der Waals surface area contributed by atoms with Gasteiger partial charge in [0, 0.05) is 11.6 Å². The van der Waals surface area contributed by atoms with E-state index in [0.29, 0.717) is 17.1 Å². The van der Waals surface area contributed by atoms with Crippen molar-refractivity contribution in [2.24, 2.45) is 0 Å². The summed E-state index contributed by atoms with van der Waals surface area (Å²) in [6, 6.07) is 14.3. The van der Waals surface area contributed by atoms with E-state index in [4.69, 9.17) is 34.8 Å². The van der Waals surface area contributed by atoms with Crippen molar-refractivity contribution in [2.45, 2.75) is 6.54 Å². The van der Waals surface area contributed by atoms with Gasteiger partial charge in [-0.1, -0.05) is 65.1 Å². The molecule has 0 saturated carbocycles. The molecule has 2 rings (SSSR count). The highest BCUT2D eigenvalue weighted by molar-refractivity contribution is 6.44. The maximum atomic E-state index is 12.1. The minimum atomic E-state index is -0.497. The summed E-state index contributed by atoms with van der Waals surface area (Å²) in [7, 11) is 0. The van der Waals surface area contributed by atoms with E-state index in [1.807, 2.05) is 36.4 Å². The molecule has 23 heavy (non-hydrogen) atoms. The molecule has 2 aromatic carbocycles. The lowest BCUT2D eigenvalue weighted by molar-refractivity contribution is -0.117. The van der Waals surface area contributed by atoms with Crippen LogP contribution in [-0.4, -0.2) is 5.91 Å². The van der Waals surface area contributed by atoms with Crippen molar-refractivity contribution in [3.8, 4) is 6.07 Å². The monoisotopic (exact) mass is 364 g/mol. The number of nitrogens with zero attached hydrogens (tertiary/aromatic N) is 1. The first-order valence-corrected chi connectivity index (χ1v) is 7.73. The Balaban J connectivity index is 2.19. The lowest BCUT2D eigenvalue weighted by atomic mass is 10.1. The average Bonchev–Trinajstić information content (AvgIpc) is 2.55. The van der Waals surface area contributed by atoms with Crippen LogP contribution in [0, 0.1) is 11.3 Å². The highest BCUT2D eigenvalue weighted by atomic mass is 35.5. The quantitative estimate of drug-likeness (QED) is 0.477. The summed E-state index contributed by atoms with van der Waals surface area (Å²) >= 11 is 17.9. The summed E-state index contributed by atoms with van der Waals surface area (Å²) in [5.74, 6) is -0.497. The molecule has 1 amide bonds. The van der Waals surface area contributed by atoms with Crippen LogP contribution in [-0.2, 0) is 11.3 Å². The third kappa shape index (κ3) is 4.74. The Hall–Kier alpha value is -1.99. The van der Waals surface area contributed by atoms with E-state index < -0.39 is 5.91 Å². The first-order valence-electron chi connectivity index (χ1n) is 6.59. The highest BCUT2D eigenvalue weighted by Crippen LogP contribution is 2.31. The summed E-state index contributed by atoms with van der Waals surface area (Å²) in [6.07, 6.45) is 1.36. The number of nitriles is 1. The molecule has 116 valence electrons. The van der Waals surface area contributed by atoms with Gasteiger partial charge in [-0.15, -0.1) is 0 Å². The highest BCUT2D eigenvalue weighted by Gasteiger charge is 2.12. The van der Waals surface area contributed by atoms with Crippen molar-refractivity contribution in [2.75, 3.05) is 0 Å². The second kappa shape index (κ2) is 8.03. The van der Waals surface area contributed by atoms with Crippen LogP contribution in [0.1, 0.15) is 11.1 Å². The third-order valence-corrected chi connectivity index (χ3v) is 4.02. The predicted octanol–water partition coefficient (Wildman–Crippen LogP) is 4.87. The minimum absolute atomic E-state index is 0.0823. The van der Waals surface area contributed by atoms with E-state index in [1.54, 1.807) is 0 Å². The largest absolute Gasteiger partial charge is 0.347 e. The fourth-order valence-electron chi connectivity index (χ4n) is 1.86. The molecule has 0 bridgehead atoms. The van der Waals surface area contributed by atoms with Crippen LogP contribution < -0.4 is 5.32 Å². The van der Waals surface area contributed by atoms with Crippen LogP contribution in [0.3, 0.4) is 0 Å². The van der Waals surface area contributed by atoms with E-state index in [2.05, 4.69) is 5.32 Å². The molecule has 1 N–H and O–H groups in total. The molecule has 0 radical (unpaired) electrons. The smallest absolute Gasteiger partial charge is 0.262 e. The second-order valence-electron chi connectivity index (χ2n) is 4.63. The topological polar surface area (TPSA) is 52.9 Å². The number of carbonyl (C=O) groups excluding carboxylic acids is 1. The molecular weight excluding hydrogens is 355 g/mol.